The zero-order chi connectivity index (χ0) is 11.8. The number of anilines is 1. The highest BCUT2D eigenvalue weighted by atomic mass is 35.5. The number of hydrogen-bond acceptors (Lipinski definition) is 3. The summed E-state index contributed by atoms with van der Waals surface area (Å²) >= 11 is 5.85. The third-order valence-electron chi connectivity index (χ3n) is 2.82. The van der Waals surface area contributed by atoms with Gasteiger partial charge in [-0.3, -0.25) is 0 Å². The molecule has 2 N–H and O–H groups in total. The Hall–Kier alpha value is -1.26. The second kappa shape index (κ2) is 3.96. The van der Waals surface area contributed by atoms with Crippen LogP contribution < -0.4 is 4.90 Å². The summed E-state index contributed by atoms with van der Waals surface area (Å²) in [6.07, 6.45) is 0.231. The van der Waals surface area contributed by atoms with Crippen LogP contribution in [-0.4, -0.2) is 34.9 Å². The Labute approximate surface area is 98.1 Å². The van der Waals surface area contributed by atoms with Crippen molar-refractivity contribution < 1.29 is 15.0 Å². The van der Waals surface area contributed by atoms with E-state index in [1.165, 1.54) is 0 Å². The first-order valence-electron chi connectivity index (χ1n) is 4.97. The van der Waals surface area contributed by atoms with Crippen molar-refractivity contribution in [2.45, 2.75) is 12.0 Å². The summed E-state index contributed by atoms with van der Waals surface area (Å²) in [4.78, 5) is 12.7. The number of aliphatic hydroxyl groups is 1. The summed E-state index contributed by atoms with van der Waals surface area (Å²) in [5.74, 6) is -1.17. The maximum Gasteiger partial charge on any atom is 0.337 e. The van der Waals surface area contributed by atoms with Crippen molar-refractivity contribution in [2.75, 3.05) is 18.0 Å². The van der Waals surface area contributed by atoms with E-state index in [1.54, 1.807) is 18.2 Å². The molecule has 1 unspecified atom stereocenters. The van der Waals surface area contributed by atoms with Crippen LogP contribution in [-0.2, 0) is 4.79 Å². The Balaban J connectivity index is 2.18. The van der Waals surface area contributed by atoms with Gasteiger partial charge in [-0.1, -0.05) is 17.7 Å². The molecule has 2 rings (SSSR count). The van der Waals surface area contributed by atoms with Gasteiger partial charge in [0, 0.05) is 23.7 Å². The maximum absolute atomic E-state index is 10.9. The molecule has 0 saturated carbocycles. The van der Waals surface area contributed by atoms with Gasteiger partial charge in [0.25, 0.3) is 0 Å². The lowest BCUT2D eigenvalue weighted by Crippen LogP contribution is -2.41. The van der Waals surface area contributed by atoms with E-state index in [0.29, 0.717) is 11.6 Å². The SMILES string of the molecule is O=C(O)C1(O)CCN(c2cccc(Cl)c2)C1. The van der Waals surface area contributed by atoms with Crippen molar-refractivity contribution in [1.29, 1.82) is 0 Å². The molecule has 0 aliphatic carbocycles. The van der Waals surface area contributed by atoms with Crippen LogP contribution in [0.5, 0.6) is 0 Å². The molecule has 0 aromatic heterocycles. The smallest absolute Gasteiger partial charge is 0.337 e. The van der Waals surface area contributed by atoms with Crippen LogP contribution in [0.3, 0.4) is 0 Å². The van der Waals surface area contributed by atoms with Gasteiger partial charge >= 0.3 is 5.97 Å². The molecule has 1 aliphatic heterocycles. The summed E-state index contributed by atoms with van der Waals surface area (Å²) < 4.78 is 0. The molecular formula is C11H12ClNO3. The zero-order valence-corrected chi connectivity index (χ0v) is 9.31. The fourth-order valence-electron chi connectivity index (χ4n) is 1.86. The molecule has 1 heterocycles. The first-order valence-corrected chi connectivity index (χ1v) is 5.35. The molecule has 5 heteroatoms. The van der Waals surface area contributed by atoms with Gasteiger partial charge in [-0.05, 0) is 18.2 Å². The van der Waals surface area contributed by atoms with Crippen LogP contribution in [0.1, 0.15) is 6.42 Å². The van der Waals surface area contributed by atoms with Gasteiger partial charge in [0.05, 0.1) is 6.54 Å². The average molecular weight is 242 g/mol. The molecule has 1 aliphatic rings. The standard InChI is InChI=1S/C11H12ClNO3/c12-8-2-1-3-9(6-8)13-5-4-11(16,7-13)10(14)15/h1-3,6,16H,4-5,7H2,(H,14,15). The lowest BCUT2D eigenvalue weighted by molar-refractivity contribution is -0.156. The second-order valence-electron chi connectivity index (χ2n) is 3.99. The van der Waals surface area contributed by atoms with E-state index in [2.05, 4.69) is 0 Å². The average Bonchev–Trinajstić information content (AvgIpc) is 2.62. The summed E-state index contributed by atoms with van der Waals surface area (Å²) in [5.41, 5.74) is -0.799. The minimum atomic E-state index is -1.64. The highest BCUT2D eigenvalue weighted by molar-refractivity contribution is 6.30. The first kappa shape index (κ1) is 11.2. The first-order chi connectivity index (χ1) is 7.51. The molecule has 86 valence electrons. The second-order valence-corrected chi connectivity index (χ2v) is 4.42. The Morgan fingerprint density at radius 1 is 1.50 bits per heavy atom. The van der Waals surface area contributed by atoms with E-state index in [0.717, 1.165) is 5.69 Å². The molecule has 1 atom stereocenters. The Kier molecular flexibility index (Phi) is 2.78. The molecule has 1 fully saturated rings. The Morgan fingerprint density at radius 3 is 2.81 bits per heavy atom. The van der Waals surface area contributed by atoms with Crippen LogP contribution in [0.4, 0.5) is 5.69 Å². The number of carboxylic acids is 1. The lowest BCUT2D eigenvalue weighted by Gasteiger charge is -2.20. The van der Waals surface area contributed by atoms with Gasteiger partial charge in [-0.25, -0.2) is 4.79 Å². The van der Waals surface area contributed by atoms with E-state index in [1.807, 2.05) is 11.0 Å². The summed E-state index contributed by atoms with van der Waals surface area (Å²) in [6.45, 7) is 0.617. The van der Waals surface area contributed by atoms with E-state index >= 15 is 0 Å². The fourth-order valence-corrected chi connectivity index (χ4v) is 2.05. The van der Waals surface area contributed by atoms with Crippen molar-refractivity contribution in [3.8, 4) is 0 Å². The monoisotopic (exact) mass is 241 g/mol. The highest BCUT2D eigenvalue weighted by Crippen LogP contribution is 2.28. The normalized spacial score (nSPS) is 24.8. The number of aliphatic carboxylic acids is 1. The maximum atomic E-state index is 10.9. The van der Waals surface area contributed by atoms with Crippen LogP contribution in [0.25, 0.3) is 0 Å². The molecule has 0 bridgehead atoms. The molecule has 16 heavy (non-hydrogen) atoms. The van der Waals surface area contributed by atoms with Crippen LogP contribution in [0, 0.1) is 0 Å². The predicted octanol–water partition coefficient (Wildman–Crippen LogP) is 1.37. The van der Waals surface area contributed by atoms with Crippen molar-refractivity contribution in [2.24, 2.45) is 0 Å². The third-order valence-corrected chi connectivity index (χ3v) is 3.05. The fraction of sp³-hybridized carbons (Fsp3) is 0.364. The number of hydrogen-bond donors (Lipinski definition) is 2. The number of nitrogens with zero attached hydrogens (tertiary/aromatic N) is 1. The molecular weight excluding hydrogens is 230 g/mol. The molecule has 1 aromatic rings. The van der Waals surface area contributed by atoms with Gasteiger partial charge in [-0.15, -0.1) is 0 Å². The van der Waals surface area contributed by atoms with E-state index < -0.39 is 11.6 Å². The van der Waals surface area contributed by atoms with Crippen LogP contribution in [0.15, 0.2) is 24.3 Å². The van der Waals surface area contributed by atoms with E-state index in [9.17, 15) is 9.90 Å². The minimum Gasteiger partial charge on any atom is -0.479 e. The highest BCUT2D eigenvalue weighted by Gasteiger charge is 2.43. The van der Waals surface area contributed by atoms with E-state index in [-0.39, 0.29) is 13.0 Å². The Bertz CT molecular complexity index is 423. The molecule has 0 amide bonds. The lowest BCUT2D eigenvalue weighted by atomic mass is 10.0. The van der Waals surface area contributed by atoms with Crippen LogP contribution >= 0.6 is 11.6 Å². The van der Waals surface area contributed by atoms with Crippen molar-refractivity contribution in [3.63, 3.8) is 0 Å². The van der Waals surface area contributed by atoms with Gasteiger partial charge in [0.15, 0.2) is 5.60 Å². The van der Waals surface area contributed by atoms with Crippen molar-refractivity contribution in [1.82, 2.24) is 0 Å². The van der Waals surface area contributed by atoms with Crippen LogP contribution in [0.2, 0.25) is 5.02 Å². The number of rotatable bonds is 2. The molecule has 1 saturated heterocycles. The predicted molar refractivity (Wildman–Crippen MR) is 60.9 cm³/mol. The largest absolute Gasteiger partial charge is 0.479 e. The number of carboxylic acid groups (broad SMARTS) is 1. The number of halogens is 1. The zero-order valence-electron chi connectivity index (χ0n) is 8.56. The van der Waals surface area contributed by atoms with Crippen molar-refractivity contribution >= 4 is 23.3 Å². The van der Waals surface area contributed by atoms with Gasteiger partial charge in [0.2, 0.25) is 0 Å². The Morgan fingerprint density at radius 2 is 2.25 bits per heavy atom. The molecule has 0 radical (unpaired) electrons. The van der Waals surface area contributed by atoms with Gasteiger partial charge in [-0.2, -0.15) is 0 Å². The third kappa shape index (κ3) is 1.99. The van der Waals surface area contributed by atoms with Crippen molar-refractivity contribution in [3.05, 3.63) is 29.3 Å². The number of carbonyl (C=O) groups is 1. The summed E-state index contributed by atoms with van der Waals surface area (Å²) in [7, 11) is 0. The summed E-state index contributed by atoms with van der Waals surface area (Å²) in [6, 6.07) is 7.16. The molecule has 4 nitrogen and oxygen atoms in total. The molecule has 1 aromatic carbocycles. The number of benzene rings is 1. The van der Waals surface area contributed by atoms with E-state index in [4.69, 9.17) is 16.7 Å². The topological polar surface area (TPSA) is 60.8 Å². The number of β-amino-alcohol motifs (C(OH)–C–C–N with tert-alkyl or cyclic N) is 1. The molecule has 0 spiro atoms. The summed E-state index contributed by atoms with van der Waals surface area (Å²) in [5, 5.41) is 19.3. The van der Waals surface area contributed by atoms with Gasteiger partial charge < -0.3 is 15.1 Å². The van der Waals surface area contributed by atoms with Gasteiger partial charge in [0.1, 0.15) is 0 Å². The minimum absolute atomic E-state index is 0.0999. The quantitative estimate of drug-likeness (QED) is 0.821.